The highest BCUT2D eigenvalue weighted by Crippen LogP contribution is 2.31. The van der Waals surface area contributed by atoms with E-state index in [1.165, 1.54) is 6.07 Å². The van der Waals surface area contributed by atoms with Crippen LogP contribution in [-0.2, 0) is 0 Å². The summed E-state index contributed by atoms with van der Waals surface area (Å²) in [4.78, 5) is 0. The lowest BCUT2D eigenvalue weighted by atomic mass is 9.99. The molecule has 0 radical (unpaired) electrons. The van der Waals surface area contributed by atoms with E-state index in [4.69, 9.17) is 28.9 Å². The van der Waals surface area contributed by atoms with Crippen molar-refractivity contribution in [3.63, 3.8) is 0 Å². The summed E-state index contributed by atoms with van der Waals surface area (Å²) in [6.45, 7) is 0. The van der Waals surface area contributed by atoms with Crippen LogP contribution in [0.1, 0.15) is 17.2 Å². The van der Waals surface area contributed by atoms with E-state index in [1.54, 1.807) is 30.3 Å². The van der Waals surface area contributed by atoms with Crippen LogP contribution in [0.2, 0.25) is 10.0 Å². The van der Waals surface area contributed by atoms with Crippen molar-refractivity contribution in [2.45, 2.75) is 6.04 Å². The third kappa shape index (κ3) is 2.86. The lowest BCUT2D eigenvalue weighted by Crippen LogP contribution is -2.14. The molecule has 0 saturated carbocycles. The predicted molar refractivity (Wildman–Crippen MR) is 76.6 cm³/mol. The third-order valence-electron chi connectivity index (χ3n) is 2.60. The Morgan fingerprint density at radius 3 is 2.11 bits per heavy atom. The minimum Gasteiger partial charge on any atom is -0.320 e. The van der Waals surface area contributed by atoms with Crippen LogP contribution < -0.4 is 5.73 Å². The molecule has 0 amide bonds. The average Bonchev–Trinajstić information content (AvgIpc) is 2.28. The summed E-state index contributed by atoms with van der Waals surface area (Å²) >= 11 is 14.9. The summed E-state index contributed by atoms with van der Waals surface area (Å²) in [6, 6.07) is 9.09. The van der Waals surface area contributed by atoms with E-state index in [9.17, 15) is 4.39 Å². The topological polar surface area (TPSA) is 26.0 Å². The molecular weight excluding hydrogens is 340 g/mol. The van der Waals surface area contributed by atoms with E-state index >= 15 is 0 Å². The molecule has 0 aliphatic heterocycles. The summed E-state index contributed by atoms with van der Waals surface area (Å²) in [6.07, 6.45) is 0. The zero-order valence-electron chi connectivity index (χ0n) is 9.13. The monoisotopic (exact) mass is 347 g/mol. The molecule has 1 unspecified atom stereocenters. The molecule has 0 heterocycles. The first-order valence-electron chi connectivity index (χ1n) is 5.14. The Morgan fingerprint density at radius 2 is 1.56 bits per heavy atom. The maximum absolute atomic E-state index is 13.8. The second-order valence-corrected chi connectivity index (χ2v) is 5.54. The molecule has 0 bridgehead atoms. The van der Waals surface area contributed by atoms with Gasteiger partial charge in [-0.15, -0.1) is 0 Å². The Kier molecular flexibility index (Phi) is 4.28. The fourth-order valence-electron chi connectivity index (χ4n) is 1.67. The second-order valence-electron chi connectivity index (χ2n) is 3.81. The highest BCUT2D eigenvalue weighted by molar-refractivity contribution is 9.10. The molecule has 18 heavy (non-hydrogen) atoms. The molecule has 0 aliphatic carbocycles. The molecule has 0 aromatic heterocycles. The van der Waals surface area contributed by atoms with Gasteiger partial charge in [-0.05, 0) is 29.8 Å². The van der Waals surface area contributed by atoms with Crippen molar-refractivity contribution in [1.82, 2.24) is 0 Å². The molecule has 5 heteroatoms. The largest absolute Gasteiger partial charge is 0.320 e. The molecule has 0 aliphatic rings. The molecule has 2 N–H and O–H groups in total. The Bertz CT molecular complexity index is 538. The van der Waals surface area contributed by atoms with Gasteiger partial charge in [-0.3, -0.25) is 0 Å². The molecule has 1 nitrogen and oxygen atoms in total. The van der Waals surface area contributed by atoms with Gasteiger partial charge in [-0.25, -0.2) is 4.39 Å². The van der Waals surface area contributed by atoms with Gasteiger partial charge in [-0.1, -0.05) is 51.3 Å². The zero-order chi connectivity index (χ0) is 13.3. The van der Waals surface area contributed by atoms with Crippen LogP contribution in [0.5, 0.6) is 0 Å². The van der Waals surface area contributed by atoms with Crippen LogP contribution in [0.25, 0.3) is 0 Å². The molecule has 0 saturated heterocycles. The average molecular weight is 349 g/mol. The predicted octanol–water partition coefficient (Wildman–Crippen LogP) is 4.94. The summed E-state index contributed by atoms with van der Waals surface area (Å²) in [5.74, 6) is -0.420. The van der Waals surface area contributed by atoms with Gasteiger partial charge in [0.2, 0.25) is 0 Å². The van der Waals surface area contributed by atoms with Gasteiger partial charge >= 0.3 is 0 Å². The highest BCUT2D eigenvalue weighted by atomic mass is 79.9. The first kappa shape index (κ1) is 13.8. The molecule has 0 spiro atoms. The van der Waals surface area contributed by atoms with Crippen molar-refractivity contribution in [1.29, 1.82) is 0 Å². The van der Waals surface area contributed by atoms with Crippen LogP contribution in [0.15, 0.2) is 40.9 Å². The van der Waals surface area contributed by atoms with Crippen molar-refractivity contribution in [2.24, 2.45) is 5.73 Å². The smallest absolute Gasteiger partial charge is 0.129 e. The SMILES string of the molecule is NC(c1ccc(Cl)cc1F)c1ccc(Cl)cc1Br. The van der Waals surface area contributed by atoms with E-state index in [2.05, 4.69) is 15.9 Å². The van der Waals surface area contributed by atoms with Gasteiger partial charge in [0, 0.05) is 20.1 Å². The number of hydrogen-bond donors (Lipinski definition) is 1. The summed E-state index contributed by atoms with van der Waals surface area (Å²) in [7, 11) is 0. The number of hydrogen-bond acceptors (Lipinski definition) is 1. The van der Waals surface area contributed by atoms with Gasteiger partial charge in [0.25, 0.3) is 0 Å². The first-order chi connectivity index (χ1) is 8.49. The number of benzene rings is 2. The van der Waals surface area contributed by atoms with Crippen LogP contribution >= 0.6 is 39.1 Å². The van der Waals surface area contributed by atoms with Gasteiger partial charge in [0.1, 0.15) is 5.82 Å². The van der Waals surface area contributed by atoms with Crippen LogP contribution in [0.4, 0.5) is 4.39 Å². The fraction of sp³-hybridized carbons (Fsp3) is 0.0769. The number of nitrogens with two attached hydrogens (primary N) is 1. The molecule has 94 valence electrons. The first-order valence-corrected chi connectivity index (χ1v) is 6.69. The van der Waals surface area contributed by atoms with E-state index in [0.29, 0.717) is 15.6 Å². The van der Waals surface area contributed by atoms with Crippen molar-refractivity contribution >= 4 is 39.1 Å². The van der Waals surface area contributed by atoms with Crippen LogP contribution in [-0.4, -0.2) is 0 Å². The van der Waals surface area contributed by atoms with E-state index in [0.717, 1.165) is 10.0 Å². The summed E-state index contributed by atoms with van der Waals surface area (Å²) in [5, 5.41) is 0.938. The zero-order valence-corrected chi connectivity index (χ0v) is 12.2. The Balaban J connectivity index is 2.44. The van der Waals surface area contributed by atoms with Crippen molar-refractivity contribution < 1.29 is 4.39 Å². The molecule has 2 aromatic rings. The number of rotatable bonds is 2. The lowest BCUT2D eigenvalue weighted by molar-refractivity contribution is 0.599. The molecule has 1 atom stereocenters. The standard InChI is InChI=1S/C13H9BrCl2FN/c14-11-5-7(15)1-3-9(11)13(18)10-4-2-8(16)6-12(10)17/h1-6,13H,18H2. The van der Waals surface area contributed by atoms with E-state index in [1.807, 2.05) is 0 Å². The Labute approximate surface area is 123 Å². The normalized spacial score (nSPS) is 12.5. The highest BCUT2D eigenvalue weighted by Gasteiger charge is 2.16. The van der Waals surface area contributed by atoms with Gasteiger partial charge in [-0.2, -0.15) is 0 Å². The van der Waals surface area contributed by atoms with Gasteiger partial charge in [0.15, 0.2) is 0 Å². The fourth-order valence-corrected chi connectivity index (χ4v) is 2.76. The van der Waals surface area contributed by atoms with Crippen molar-refractivity contribution in [3.05, 3.63) is 67.9 Å². The maximum Gasteiger partial charge on any atom is 0.129 e. The minimum absolute atomic E-state index is 0.346. The second kappa shape index (κ2) is 5.57. The quantitative estimate of drug-likeness (QED) is 0.816. The molecule has 0 fully saturated rings. The molecular formula is C13H9BrCl2FN. The third-order valence-corrected chi connectivity index (χ3v) is 3.75. The van der Waals surface area contributed by atoms with E-state index in [-0.39, 0.29) is 0 Å². The van der Waals surface area contributed by atoms with Crippen molar-refractivity contribution in [2.75, 3.05) is 0 Å². The van der Waals surface area contributed by atoms with Crippen molar-refractivity contribution in [3.8, 4) is 0 Å². The van der Waals surface area contributed by atoms with Crippen LogP contribution in [0, 0.1) is 5.82 Å². The Hall–Kier alpha value is -0.610. The molecule has 2 aromatic carbocycles. The van der Waals surface area contributed by atoms with Crippen LogP contribution in [0.3, 0.4) is 0 Å². The molecule has 2 rings (SSSR count). The lowest BCUT2D eigenvalue weighted by Gasteiger charge is -2.15. The minimum atomic E-state index is -0.575. The Morgan fingerprint density at radius 1 is 1.00 bits per heavy atom. The maximum atomic E-state index is 13.8. The summed E-state index contributed by atoms with van der Waals surface area (Å²) in [5.41, 5.74) is 7.22. The number of halogens is 4. The van der Waals surface area contributed by atoms with Gasteiger partial charge < -0.3 is 5.73 Å². The summed E-state index contributed by atoms with van der Waals surface area (Å²) < 4.78 is 14.5. The van der Waals surface area contributed by atoms with E-state index < -0.39 is 11.9 Å². The van der Waals surface area contributed by atoms with Gasteiger partial charge in [0.05, 0.1) is 6.04 Å².